The highest BCUT2D eigenvalue weighted by atomic mass is 16.6. The maximum absolute atomic E-state index is 13.3. The van der Waals surface area contributed by atoms with E-state index in [-0.39, 0.29) is 53.2 Å². The van der Waals surface area contributed by atoms with Gasteiger partial charge in [-0.15, -0.1) is 0 Å². The molecule has 2 amide bonds. The van der Waals surface area contributed by atoms with Crippen molar-refractivity contribution in [2.45, 2.75) is 12.5 Å². The van der Waals surface area contributed by atoms with Gasteiger partial charge in [-0.3, -0.25) is 24.6 Å². The number of para-hydroxylation sites is 1. The van der Waals surface area contributed by atoms with Crippen LogP contribution in [0.2, 0.25) is 0 Å². The van der Waals surface area contributed by atoms with Gasteiger partial charge in [-0.1, -0.05) is 23.4 Å². The highest BCUT2D eigenvalue weighted by Crippen LogP contribution is 2.62. The average Bonchev–Trinajstić information content (AvgIpc) is 3.49. The van der Waals surface area contributed by atoms with Gasteiger partial charge in [0.2, 0.25) is 11.8 Å². The van der Waals surface area contributed by atoms with Gasteiger partial charge < -0.3 is 4.84 Å². The van der Waals surface area contributed by atoms with Crippen LogP contribution in [0.4, 0.5) is 11.4 Å². The zero-order chi connectivity index (χ0) is 20.6. The van der Waals surface area contributed by atoms with Crippen molar-refractivity contribution in [1.29, 1.82) is 0 Å². The van der Waals surface area contributed by atoms with Gasteiger partial charge in [0.05, 0.1) is 28.2 Å². The number of nitrogens with zero attached hydrogens (tertiary/aromatic N) is 3. The third-order valence-corrected chi connectivity index (χ3v) is 7.08. The van der Waals surface area contributed by atoms with E-state index in [0.717, 1.165) is 17.7 Å². The zero-order valence-corrected chi connectivity index (χ0v) is 15.8. The molecule has 30 heavy (non-hydrogen) atoms. The molecular formula is C22H17N3O5. The number of amides is 2. The van der Waals surface area contributed by atoms with Crippen molar-refractivity contribution in [2.24, 2.45) is 34.7 Å². The Morgan fingerprint density at radius 1 is 0.933 bits per heavy atom. The van der Waals surface area contributed by atoms with Crippen molar-refractivity contribution >= 4 is 28.9 Å². The standard InChI is InChI=1S/C22H17N3O5/c26-21-16-14-10-15(17(16)22(27)24(21)12-4-2-1-3-5-12)20-18(14)19(23-30-20)11-6-8-13(9-7-11)25(28)29/h1-9,14-18,20H,10H2/t14-,15-,16+,17-,18-,20+/m1/s1. The van der Waals surface area contributed by atoms with Crippen LogP contribution in [0.1, 0.15) is 12.0 Å². The lowest BCUT2D eigenvalue weighted by Gasteiger charge is -2.29. The Kier molecular flexibility index (Phi) is 3.45. The molecule has 8 heteroatoms. The number of nitro groups is 1. The molecule has 2 saturated carbocycles. The molecule has 8 nitrogen and oxygen atoms in total. The molecule has 0 radical (unpaired) electrons. The lowest BCUT2D eigenvalue weighted by molar-refractivity contribution is -0.384. The summed E-state index contributed by atoms with van der Waals surface area (Å²) in [5, 5.41) is 15.2. The van der Waals surface area contributed by atoms with Crippen molar-refractivity contribution in [3.63, 3.8) is 0 Å². The molecular weight excluding hydrogens is 386 g/mol. The molecule has 2 aromatic rings. The number of hydrogen-bond acceptors (Lipinski definition) is 6. The van der Waals surface area contributed by atoms with Crippen molar-refractivity contribution < 1.29 is 19.3 Å². The van der Waals surface area contributed by atoms with Crippen LogP contribution in [0.5, 0.6) is 0 Å². The number of carbonyl (C=O) groups is 2. The molecule has 0 aromatic heterocycles. The normalized spacial score (nSPS) is 33.3. The fourth-order valence-electron chi connectivity index (χ4n) is 5.95. The number of rotatable bonds is 3. The molecule has 6 rings (SSSR count). The Balaban J connectivity index is 1.33. The molecule has 0 spiro atoms. The van der Waals surface area contributed by atoms with Gasteiger partial charge in [0.15, 0.2) is 0 Å². The highest BCUT2D eigenvalue weighted by molar-refractivity contribution is 6.23. The second-order valence-corrected chi connectivity index (χ2v) is 8.34. The van der Waals surface area contributed by atoms with Gasteiger partial charge >= 0.3 is 0 Å². The van der Waals surface area contributed by atoms with E-state index < -0.39 is 4.92 Å². The zero-order valence-electron chi connectivity index (χ0n) is 15.8. The van der Waals surface area contributed by atoms with Crippen molar-refractivity contribution in [3.8, 4) is 0 Å². The highest BCUT2D eigenvalue weighted by Gasteiger charge is 2.70. The third kappa shape index (κ3) is 2.13. The Morgan fingerprint density at radius 2 is 1.60 bits per heavy atom. The van der Waals surface area contributed by atoms with Crippen LogP contribution < -0.4 is 4.90 Å². The second-order valence-electron chi connectivity index (χ2n) is 8.34. The van der Waals surface area contributed by atoms with Crippen LogP contribution in [0, 0.1) is 39.7 Å². The molecule has 3 fully saturated rings. The molecule has 6 atom stereocenters. The van der Waals surface area contributed by atoms with Crippen molar-refractivity contribution in [2.75, 3.05) is 4.90 Å². The summed E-state index contributed by atoms with van der Waals surface area (Å²) >= 11 is 0. The Hall–Kier alpha value is -3.55. The van der Waals surface area contributed by atoms with E-state index >= 15 is 0 Å². The maximum Gasteiger partial charge on any atom is 0.269 e. The monoisotopic (exact) mass is 403 g/mol. The van der Waals surface area contributed by atoms with Gasteiger partial charge in [0.1, 0.15) is 6.10 Å². The lowest BCUT2D eigenvalue weighted by Crippen LogP contribution is -2.41. The number of carbonyl (C=O) groups excluding carboxylic acids is 2. The number of nitro benzene ring substituents is 1. The number of imide groups is 1. The first kappa shape index (κ1) is 17.3. The minimum atomic E-state index is -0.442. The summed E-state index contributed by atoms with van der Waals surface area (Å²) in [5.74, 6) is -1.16. The van der Waals surface area contributed by atoms with Gasteiger partial charge in [0.25, 0.3) is 5.69 Å². The van der Waals surface area contributed by atoms with Crippen molar-refractivity contribution in [1.82, 2.24) is 0 Å². The minimum Gasteiger partial charge on any atom is -0.391 e. The molecule has 1 saturated heterocycles. The van der Waals surface area contributed by atoms with Crippen LogP contribution in [0.25, 0.3) is 0 Å². The van der Waals surface area contributed by atoms with Crippen LogP contribution in [0.15, 0.2) is 59.8 Å². The maximum atomic E-state index is 13.3. The first-order chi connectivity index (χ1) is 14.6. The summed E-state index contributed by atoms with van der Waals surface area (Å²) in [6.07, 6.45) is 0.533. The Bertz CT molecular complexity index is 1110. The summed E-state index contributed by atoms with van der Waals surface area (Å²) < 4.78 is 0. The lowest BCUT2D eigenvalue weighted by atomic mass is 9.71. The molecule has 4 aliphatic rings. The average molecular weight is 403 g/mol. The van der Waals surface area contributed by atoms with E-state index in [4.69, 9.17) is 4.84 Å². The van der Waals surface area contributed by atoms with E-state index in [0.29, 0.717) is 5.69 Å². The molecule has 2 bridgehead atoms. The summed E-state index contributed by atoms with van der Waals surface area (Å²) in [7, 11) is 0. The third-order valence-electron chi connectivity index (χ3n) is 7.08. The summed E-state index contributed by atoms with van der Waals surface area (Å²) in [6.45, 7) is 0. The van der Waals surface area contributed by atoms with Gasteiger partial charge in [-0.25, -0.2) is 0 Å². The predicted octanol–water partition coefficient (Wildman–Crippen LogP) is 2.77. The van der Waals surface area contributed by atoms with E-state index in [9.17, 15) is 19.7 Å². The summed E-state index contributed by atoms with van der Waals surface area (Å²) in [5.41, 5.74) is 2.10. The van der Waals surface area contributed by atoms with E-state index in [1.807, 2.05) is 18.2 Å². The quantitative estimate of drug-likeness (QED) is 0.445. The van der Waals surface area contributed by atoms with E-state index in [2.05, 4.69) is 5.16 Å². The number of benzene rings is 2. The Morgan fingerprint density at radius 3 is 2.27 bits per heavy atom. The van der Waals surface area contributed by atoms with Gasteiger partial charge in [-0.05, 0) is 36.6 Å². The molecule has 0 unspecified atom stereocenters. The fourth-order valence-corrected chi connectivity index (χ4v) is 5.95. The number of fused-ring (bicyclic) bond motifs is 8. The summed E-state index contributed by atoms with van der Waals surface area (Å²) in [6, 6.07) is 15.3. The molecule has 2 aliphatic carbocycles. The number of hydrogen-bond donors (Lipinski definition) is 0. The van der Waals surface area contributed by atoms with Crippen molar-refractivity contribution in [3.05, 3.63) is 70.3 Å². The van der Waals surface area contributed by atoms with Crippen LogP contribution in [0.3, 0.4) is 0 Å². The predicted molar refractivity (Wildman–Crippen MR) is 106 cm³/mol. The topological polar surface area (TPSA) is 102 Å². The van der Waals surface area contributed by atoms with Crippen LogP contribution in [-0.2, 0) is 14.4 Å². The first-order valence-electron chi connectivity index (χ1n) is 9.97. The van der Waals surface area contributed by atoms with Gasteiger partial charge in [0, 0.05) is 29.5 Å². The largest absolute Gasteiger partial charge is 0.391 e. The van der Waals surface area contributed by atoms with E-state index in [1.165, 1.54) is 17.0 Å². The number of anilines is 1. The number of non-ortho nitro benzene ring substituents is 1. The van der Waals surface area contributed by atoms with E-state index in [1.54, 1.807) is 24.3 Å². The Labute approximate surface area is 171 Å². The smallest absolute Gasteiger partial charge is 0.269 e. The molecule has 0 N–H and O–H groups in total. The minimum absolute atomic E-state index is 0.0119. The molecule has 2 heterocycles. The van der Waals surface area contributed by atoms with Gasteiger partial charge in [-0.2, -0.15) is 0 Å². The summed E-state index contributed by atoms with van der Waals surface area (Å²) in [4.78, 5) is 44.1. The SMILES string of the molecule is O=C1[C@@H]2[C@H]3C[C@@H]([C@@H]4C(c5ccc([N+](=O)[O-])cc5)=NO[C@@H]34)[C@@H]2C(=O)N1c1ccccc1. The number of oxime groups is 1. The second kappa shape index (κ2) is 5.98. The molecule has 2 aliphatic heterocycles. The molecule has 2 aromatic carbocycles. The van der Waals surface area contributed by atoms with Crippen LogP contribution in [-0.4, -0.2) is 28.6 Å². The first-order valence-corrected chi connectivity index (χ1v) is 9.97. The van der Waals surface area contributed by atoms with Crippen LogP contribution >= 0.6 is 0 Å². The fraction of sp³-hybridized carbons (Fsp3) is 0.318. The molecule has 150 valence electrons.